The molecule has 0 bridgehead atoms. The summed E-state index contributed by atoms with van der Waals surface area (Å²) < 4.78 is 12.8. The maximum Gasteiger partial charge on any atom is 0.256 e. The molecule has 138 valence electrons. The van der Waals surface area contributed by atoms with E-state index in [1.165, 1.54) is 0 Å². The van der Waals surface area contributed by atoms with Gasteiger partial charge in [0, 0.05) is 47.8 Å². The number of rotatable bonds is 4. The summed E-state index contributed by atoms with van der Waals surface area (Å²) in [6.45, 7) is 0.800. The van der Waals surface area contributed by atoms with Crippen molar-refractivity contribution in [2.24, 2.45) is 0 Å². The van der Waals surface area contributed by atoms with Gasteiger partial charge in [-0.25, -0.2) is 0 Å². The average Bonchev–Trinajstić information content (AvgIpc) is 3.35. The Balaban J connectivity index is 1.42. The number of fused-ring (bicyclic) bond motifs is 2. The predicted octanol–water partition coefficient (Wildman–Crippen LogP) is 4.07. The van der Waals surface area contributed by atoms with E-state index in [9.17, 15) is 4.79 Å². The standard InChI is InChI=1S/C22H17N3O3/c26-22(24-17-5-6-20-21(11-17)28-14-27-20)18-4-2-1-3-16(18)13-25-10-8-15-12-23-9-7-19(15)25/h1-12H,13-14H2,(H,24,26). The molecule has 0 atom stereocenters. The lowest BCUT2D eigenvalue weighted by Gasteiger charge is -2.12. The number of nitrogens with zero attached hydrogens (tertiary/aromatic N) is 2. The van der Waals surface area contributed by atoms with Crippen LogP contribution in [-0.4, -0.2) is 22.3 Å². The van der Waals surface area contributed by atoms with Crippen molar-refractivity contribution >= 4 is 22.5 Å². The Kier molecular flexibility index (Phi) is 3.94. The van der Waals surface area contributed by atoms with Crippen molar-refractivity contribution < 1.29 is 14.3 Å². The summed E-state index contributed by atoms with van der Waals surface area (Å²) in [7, 11) is 0. The number of nitrogens with one attached hydrogen (secondary N) is 1. The third-order valence-corrected chi connectivity index (χ3v) is 4.80. The summed E-state index contributed by atoms with van der Waals surface area (Å²) in [6.07, 6.45) is 5.63. The summed E-state index contributed by atoms with van der Waals surface area (Å²) in [4.78, 5) is 17.1. The first kappa shape index (κ1) is 16.4. The molecular formula is C22H17N3O3. The Morgan fingerprint density at radius 3 is 2.93 bits per heavy atom. The first-order valence-electron chi connectivity index (χ1n) is 8.96. The molecule has 0 spiro atoms. The van der Waals surface area contributed by atoms with Crippen molar-refractivity contribution in [2.75, 3.05) is 12.1 Å². The number of amides is 1. The van der Waals surface area contributed by atoms with Gasteiger partial charge >= 0.3 is 0 Å². The van der Waals surface area contributed by atoms with E-state index in [1.807, 2.05) is 48.8 Å². The molecule has 1 amide bonds. The maximum absolute atomic E-state index is 12.9. The summed E-state index contributed by atoms with van der Waals surface area (Å²) in [5, 5.41) is 4.03. The minimum atomic E-state index is -0.160. The van der Waals surface area contributed by atoms with Crippen molar-refractivity contribution in [3.8, 4) is 11.5 Å². The lowest BCUT2D eigenvalue weighted by Crippen LogP contribution is -2.15. The molecule has 0 saturated carbocycles. The van der Waals surface area contributed by atoms with E-state index in [1.54, 1.807) is 24.4 Å². The second kappa shape index (κ2) is 6.74. The van der Waals surface area contributed by atoms with Crippen LogP contribution in [0.2, 0.25) is 0 Å². The Morgan fingerprint density at radius 1 is 1.07 bits per heavy atom. The van der Waals surface area contributed by atoms with Gasteiger partial charge in [-0.3, -0.25) is 9.78 Å². The molecule has 1 N–H and O–H groups in total. The Hall–Kier alpha value is -3.80. The molecule has 2 aromatic carbocycles. The molecule has 2 aromatic heterocycles. The number of carbonyl (C=O) groups excluding carboxylic acids is 1. The molecule has 6 nitrogen and oxygen atoms in total. The number of anilines is 1. The fourth-order valence-corrected chi connectivity index (χ4v) is 3.41. The second-order valence-electron chi connectivity index (χ2n) is 6.56. The molecule has 6 heteroatoms. The van der Waals surface area contributed by atoms with E-state index in [0.717, 1.165) is 16.5 Å². The van der Waals surface area contributed by atoms with Gasteiger partial charge < -0.3 is 19.4 Å². The normalized spacial score (nSPS) is 12.3. The zero-order valence-electron chi connectivity index (χ0n) is 15.0. The summed E-state index contributed by atoms with van der Waals surface area (Å²) in [6, 6.07) is 17.0. The van der Waals surface area contributed by atoms with Crippen LogP contribution >= 0.6 is 0 Å². The van der Waals surface area contributed by atoms with E-state index in [2.05, 4.69) is 14.9 Å². The fourth-order valence-electron chi connectivity index (χ4n) is 3.41. The van der Waals surface area contributed by atoms with E-state index >= 15 is 0 Å². The zero-order valence-corrected chi connectivity index (χ0v) is 15.0. The number of hydrogen-bond acceptors (Lipinski definition) is 4. The first-order valence-corrected chi connectivity index (χ1v) is 8.96. The van der Waals surface area contributed by atoms with Gasteiger partial charge in [-0.15, -0.1) is 0 Å². The SMILES string of the molecule is O=C(Nc1ccc2c(c1)OCO2)c1ccccc1Cn1ccc2cnccc21. The zero-order chi connectivity index (χ0) is 18.9. The van der Waals surface area contributed by atoms with Gasteiger partial charge in [0.05, 0.1) is 5.52 Å². The summed E-state index contributed by atoms with van der Waals surface area (Å²) >= 11 is 0. The van der Waals surface area contributed by atoms with Crippen LogP contribution in [-0.2, 0) is 6.54 Å². The summed E-state index contributed by atoms with van der Waals surface area (Å²) in [5.74, 6) is 1.17. The van der Waals surface area contributed by atoms with Crippen molar-refractivity contribution in [3.63, 3.8) is 0 Å². The highest BCUT2D eigenvalue weighted by Crippen LogP contribution is 2.34. The minimum Gasteiger partial charge on any atom is -0.454 e. The smallest absolute Gasteiger partial charge is 0.256 e. The lowest BCUT2D eigenvalue weighted by atomic mass is 10.1. The number of pyridine rings is 1. The molecule has 0 fully saturated rings. The van der Waals surface area contributed by atoms with Gasteiger partial charge in [-0.05, 0) is 35.9 Å². The molecule has 1 aliphatic rings. The molecule has 0 saturated heterocycles. The molecule has 3 heterocycles. The molecule has 0 unspecified atom stereocenters. The monoisotopic (exact) mass is 371 g/mol. The van der Waals surface area contributed by atoms with Gasteiger partial charge in [-0.1, -0.05) is 18.2 Å². The average molecular weight is 371 g/mol. The van der Waals surface area contributed by atoms with E-state index in [0.29, 0.717) is 29.3 Å². The van der Waals surface area contributed by atoms with Crippen molar-refractivity contribution in [2.45, 2.75) is 6.54 Å². The molecule has 28 heavy (non-hydrogen) atoms. The van der Waals surface area contributed by atoms with Crippen molar-refractivity contribution in [1.29, 1.82) is 0 Å². The van der Waals surface area contributed by atoms with Crippen LogP contribution in [0.4, 0.5) is 5.69 Å². The maximum atomic E-state index is 12.9. The number of hydrogen-bond donors (Lipinski definition) is 1. The van der Waals surface area contributed by atoms with Crippen LogP contribution in [0.1, 0.15) is 15.9 Å². The quantitative estimate of drug-likeness (QED) is 0.587. The number of ether oxygens (including phenoxy) is 2. The molecular weight excluding hydrogens is 354 g/mol. The third kappa shape index (κ3) is 2.95. The van der Waals surface area contributed by atoms with E-state index in [-0.39, 0.29) is 12.7 Å². The van der Waals surface area contributed by atoms with Crippen LogP contribution in [0.15, 0.2) is 73.2 Å². The molecule has 4 aromatic rings. The largest absolute Gasteiger partial charge is 0.454 e. The predicted molar refractivity (Wildman–Crippen MR) is 106 cm³/mol. The van der Waals surface area contributed by atoms with Crippen LogP contribution in [0.5, 0.6) is 11.5 Å². The fraction of sp³-hybridized carbons (Fsp3) is 0.0909. The lowest BCUT2D eigenvalue weighted by molar-refractivity contribution is 0.102. The molecule has 0 radical (unpaired) electrons. The van der Waals surface area contributed by atoms with Gasteiger partial charge in [0.15, 0.2) is 11.5 Å². The topological polar surface area (TPSA) is 65.4 Å². The van der Waals surface area contributed by atoms with Gasteiger partial charge in [0.1, 0.15) is 0 Å². The van der Waals surface area contributed by atoms with Gasteiger partial charge in [0.2, 0.25) is 6.79 Å². The Bertz CT molecular complexity index is 1180. The van der Waals surface area contributed by atoms with Crippen LogP contribution in [0, 0.1) is 0 Å². The second-order valence-corrected chi connectivity index (χ2v) is 6.56. The molecule has 1 aliphatic heterocycles. The van der Waals surface area contributed by atoms with Gasteiger partial charge in [0.25, 0.3) is 5.91 Å². The number of carbonyl (C=O) groups is 1. The van der Waals surface area contributed by atoms with Gasteiger partial charge in [-0.2, -0.15) is 0 Å². The highest BCUT2D eigenvalue weighted by Gasteiger charge is 2.16. The highest BCUT2D eigenvalue weighted by atomic mass is 16.7. The molecule has 0 aliphatic carbocycles. The number of aromatic nitrogens is 2. The van der Waals surface area contributed by atoms with Crippen LogP contribution < -0.4 is 14.8 Å². The van der Waals surface area contributed by atoms with Crippen molar-refractivity contribution in [1.82, 2.24) is 9.55 Å². The molecule has 5 rings (SSSR count). The highest BCUT2D eigenvalue weighted by molar-refractivity contribution is 6.05. The Morgan fingerprint density at radius 2 is 1.96 bits per heavy atom. The van der Waals surface area contributed by atoms with Crippen LogP contribution in [0.25, 0.3) is 10.9 Å². The van der Waals surface area contributed by atoms with E-state index in [4.69, 9.17) is 9.47 Å². The first-order chi connectivity index (χ1) is 13.8. The Labute approximate surface area is 161 Å². The van der Waals surface area contributed by atoms with Crippen molar-refractivity contribution in [3.05, 3.63) is 84.3 Å². The number of benzene rings is 2. The van der Waals surface area contributed by atoms with E-state index < -0.39 is 0 Å². The minimum absolute atomic E-state index is 0.160. The summed E-state index contributed by atoms with van der Waals surface area (Å²) in [5.41, 5.74) is 3.33. The third-order valence-electron chi connectivity index (χ3n) is 4.80. The van der Waals surface area contributed by atoms with Crippen LogP contribution in [0.3, 0.4) is 0 Å².